The summed E-state index contributed by atoms with van der Waals surface area (Å²) in [4.78, 5) is 27.9. The van der Waals surface area contributed by atoms with Gasteiger partial charge >= 0.3 is 0 Å². The predicted molar refractivity (Wildman–Crippen MR) is 126 cm³/mol. The molecule has 2 aromatic rings. The molecule has 1 heterocycles. The number of hydrazone groups is 1. The molecule has 1 aliphatic rings. The van der Waals surface area contributed by atoms with Crippen molar-refractivity contribution in [3.63, 3.8) is 0 Å². The number of carbonyl (C=O) groups excluding carboxylic acids is 2. The van der Waals surface area contributed by atoms with Gasteiger partial charge in [0.2, 0.25) is 5.91 Å². The lowest BCUT2D eigenvalue weighted by Crippen LogP contribution is -2.43. The van der Waals surface area contributed by atoms with Gasteiger partial charge in [0.05, 0.1) is 18.4 Å². The SMILES string of the molecule is COCCN(CC(=O)N1N=C(c2ccc(F)cc2)C[C@H]1c1ccccc1)C(=O)CC(C)(C)C. The zero-order valence-electron chi connectivity index (χ0n) is 19.8. The average molecular weight is 454 g/mol. The summed E-state index contributed by atoms with van der Waals surface area (Å²) in [5.74, 6) is -0.679. The molecule has 0 radical (unpaired) electrons. The van der Waals surface area contributed by atoms with Crippen LogP contribution < -0.4 is 0 Å². The van der Waals surface area contributed by atoms with Gasteiger partial charge < -0.3 is 9.64 Å². The average Bonchev–Trinajstić information content (AvgIpc) is 3.22. The van der Waals surface area contributed by atoms with Gasteiger partial charge in [-0.1, -0.05) is 63.2 Å². The lowest BCUT2D eigenvalue weighted by Gasteiger charge is -2.29. The topological polar surface area (TPSA) is 62.2 Å². The van der Waals surface area contributed by atoms with Crippen LogP contribution in [0.2, 0.25) is 0 Å². The van der Waals surface area contributed by atoms with Crippen LogP contribution in [0.3, 0.4) is 0 Å². The molecule has 0 bridgehead atoms. The van der Waals surface area contributed by atoms with E-state index in [1.807, 2.05) is 51.1 Å². The van der Waals surface area contributed by atoms with Crippen LogP contribution in [0, 0.1) is 11.2 Å². The molecular formula is C26H32FN3O3. The quantitative estimate of drug-likeness (QED) is 0.595. The molecular weight excluding hydrogens is 421 g/mol. The smallest absolute Gasteiger partial charge is 0.262 e. The number of benzene rings is 2. The number of ether oxygens (including phenoxy) is 1. The molecule has 0 aliphatic carbocycles. The van der Waals surface area contributed by atoms with Crippen molar-refractivity contribution in [1.82, 2.24) is 9.91 Å². The van der Waals surface area contributed by atoms with Crippen molar-refractivity contribution in [2.75, 3.05) is 26.8 Å². The van der Waals surface area contributed by atoms with Gasteiger partial charge in [0.15, 0.2) is 0 Å². The van der Waals surface area contributed by atoms with E-state index in [0.717, 1.165) is 11.1 Å². The van der Waals surface area contributed by atoms with Gasteiger partial charge in [0, 0.05) is 26.5 Å². The molecule has 7 heteroatoms. The van der Waals surface area contributed by atoms with Gasteiger partial charge in [-0.3, -0.25) is 9.59 Å². The summed E-state index contributed by atoms with van der Waals surface area (Å²) < 4.78 is 18.6. The van der Waals surface area contributed by atoms with E-state index in [9.17, 15) is 14.0 Å². The summed E-state index contributed by atoms with van der Waals surface area (Å²) in [6, 6.07) is 15.5. The lowest BCUT2D eigenvalue weighted by atomic mass is 9.91. The highest BCUT2D eigenvalue weighted by atomic mass is 19.1. The van der Waals surface area contributed by atoms with Crippen LogP contribution in [0.25, 0.3) is 0 Å². The molecule has 33 heavy (non-hydrogen) atoms. The van der Waals surface area contributed by atoms with Gasteiger partial charge in [-0.15, -0.1) is 0 Å². The standard InChI is InChI=1S/C26H32FN3O3/c1-26(2,3)17-24(31)29(14-15-33-4)18-25(32)30-23(20-8-6-5-7-9-20)16-22(28-30)19-10-12-21(27)13-11-19/h5-13,23H,14-18H2,1-4H3/t23-/m0/s1. The van der Waals surface area contributed by atoms with Crippen LogP contribution in [0.1, 0.15) is 50.8 Å². The molecule has 0 unspecified atom stereocenters. The second kappa shape index (κ2) is 10.7. The number of nitrogens with zero attached hydrogens (tertiary/aromatic N) is 3. The van der Waals surface area contributed by atoms with Crippen LogP contribution in [-0.4, -0.2) is 54.2 Å². The Kier molecular flexibility index (Phi) is 7.97. The lowest BCUT2D eigenvalue weighted by molar-refractivity contribution is -0.143. The van der Waals surface area contributed by atoms with E-state index in [1.54, 1.807) is 24.1 Å². The molecule has 2 amide bonds. The molecule has 6 nitrogen and oxygen atoms in total. The van der Waals surface area contributed by atoms with Gasteiger partial charge in [0.25, 0.3) is 5.91 Å². The number of methoxy groups -OCH3 is 1. The summed E-state index contributed by atoms with van der Waals surface area (Å²) in [6.45, 7) is 6.57. The summed E-state index contributed by atoms with van der Waals surface area (Å²) in [6.07, 6.45) is 0.839. The van der Waals surface area contributed by atoms with Gasteiger partial charge in [-0.25, -0.2) is 9.40 Å². The van der Waals surface area contributed by atoms with Crippen molar-refractivity contribution < 1.29 is 18.7 Å². The molecule has 0 aromatic heterocycles. The molecule has 0 saturated carbocycles. The Balaban J connectivity index is 1.86. The Labute approximate surface area is 195 Å². The molecule has 0 fully saturated rings. The molecule has 0 spiro atoms. The van der Waals surface area contributed by atoms with Crippen LogP contribution in [-0.2, 0) is 14.3 Å². The van der Waals surface area contributed by atoms with Gasteiger partial charge in [0.1, 0.15) is 12.4 Å². The number of hydrogen-bond acceptors (Lipinski definition) is 4. The fraction of sp³-hybridized carbons (Fsp3) is 0.423. The van der Waals surface area contributed by atoms with Crippen molar-refractivity contribution in [2.24, 2.45) is 10.5 Å². The predicted octanol–water partition coefficient (Wildman–Crippen LogP) is 4.41. The Morgan fingerprint density at radius 1 is 1.12 bits per heavy atom. The van der Waals surface area contributed by atoms with Crippen molar-refractivity contribution in [3.05, 3.63) is 71.5 Å². The Morgan fingerprint density at radius 2 is 1.79 bits per heavy atom. The van der Waals surface area contributed by atoms with Crippen LogP contribution >= 0.6 is 0 Å². The van der Waals surface area contributed by atoms with Crippen molar-refractivity contribution in [1.29, 1.82) is 0 Å². The number of halogens is 1. The van der Waals surface area contributed by atoms with Crippen molar-refractivity contribution in [2.45, 2.75) is 39.7 Å². The minimum Gasteiger partial charge on any atom is -0.383 e. The van der Waals surface area contributed by atoms with E-state index < -0.39 is 0 Å². The highest BCUT2D eigenvalue weighted by molar-refractivity contribution is 6.03. The van der Waals surface area contributed by atoms with E-state index in [1.165, 1.54) is 17.1 Å². The zero-order chi connectivity index (χ0) is 24.0. The first-order valence-corrected chi connectivity index (χ1v) is 11.1. The molecule has 0 N–H and O–H groups in total. The first-order valence-electron chi connectivity index (χ1n) is 11.1. The van der Waals surface area contributed by atoms with E-state index in [4.69, 9.17) is 4.74 Å². The normalized spacial score (nSPS) is 16.0. The molecule has 0 saturated heterocycles. The number of rotatable bonds is 8. The third-order valence-electron chi connectivity index (χ3n) is 5.45. The third-order valence-corrected chi connectivity index (χ3v) is 5.45. The van der Waals surface area contributed by atoms with E-state index in [-0.39, 0.29) is 35.6 Å². The van der Waals surface area contributed by atoms with E-state index in [0.29, 0.717) is 31.7 Å². The summed E-state index contributed by atoms with van der Waals surface area (Å²) in [5, 5.41) is 6.09. The monoisotopic (exact) mass is 453 g/mol. The van der Waals surface area contributed by atoms with E-state index >= 15 is 0 Å². The van der Waals surface area contributed by atoms with Crippen molar-refractivity contribution >= 4 is 17.5 Å². The maximum absolute atomic E-state index is 13.4. The summed E-state index contributed by atoms with van der Waals surface area (Å²) in [7, 11) is 1.57. The molecule has 1 aliphatic heterocycles. The summed E-state index contributed by atoms with van der Waals surface area (Å²) >= 11 is 0. The minimum absolute atomic E-state index is 0.0815. The highest BCUT2D eigenvalue weighted by Crippen LogP contribution is 2.33. The number of hydrogen-bond donors (Lipinski definition) is 0. The zero-order valence-corrected chi connectivity index (χ0v) is 19.8. The highest BCUT2D eigenvalue weighted by Gasteiger charge is 2.34. The number of carbonyl (C=O) groups is 2. The maximum atomic E-state index is 13.4. The molecule has 1 atom stereocenters. The van der Waals surface area contributed by atoms with Crippen molar-refractivity contribution in [3.8, 4) is 0 Å². The molecule has 2 aromatic carbocycles. The van der Waals surface area contributed by atoms with Gasteiger partial charge in [-0.2, -0.15) is 5.10 Å². The first kappa shape index (κ1) is 24.6. The van der Waals surface area contributed by atoms with Gasteiger partial charge in [-0.05, 0) is 28.7 Å². The fourth-order valence-corrected chi connectivity index (χ4v) is 3.79. The van der Waals surface area contributed by atoms with Crippen LogP contribution in [0.5, 0.6) is 0 Å². The maximum Gasteiger partial charge on any atom is 0.262 e. The first-order chi connectivity index (χ1) is 15.7. The number of amides is 2. The minimum atomic E-state index is -0.323. The Hall–Kier alpha value is -3.06. The second-order valence-electron chi connectivity index (χ2n) is 9.47. The third kappa shape index (κ3) is 6.71. The molecule has 176 valence electrons. The van der Waals surface area contributed by atoms with E-state index in [2.05, 4.69) is 5.10 Å². The summed E-state index contributed by atoms with van der Waals surface area (Å²) in [5.41, 5.74) is 2.24. The van der Waals surface area contributed by atoms with Crippen LogP contribution in [0.4, 0.5) is 4.39 Å². The molecule has 3 rings (SSSR count). The largest absolute Gasteiger partial charge is 0.383 e. The fourth-order valence-electron chi connectivity index (χ4n) is 3.79. The Morgan fingerprint density at radius 3 is 2.39 bits per heavy atom. The second-order valence-corrected chi connectivity index (χ2v) is 9.47. The van der Waals surface area contributed by atoms with Crippen LogP contribution in [0.15, 0.2) is 59.7 Å². The Bertz CT molecular complexity index is 984.